The van der Waals surface area contributed by atoms with E-state index < -0.39 is 0 Å². The Hall–Kier alpha value is -2.87. The molecule has 8 heteroatoms. The van der Waals surface area contributed by atoms with Gasteiger partial charge < -0.3 is 5.32 Å². The summed E-state index contributed by atoms with van der Waals surface area (Å²) in [6.45, 7) is 5.65. The van der Waals surface area contributed by atoms with Gasteiger partial charge in [0.25, 0.3) is 5.56 Å². The maximum atomic E-state index is 12.8. The van der Waals surface area contributed by atoms with Crippen LogP contribution in [0.15, 0.2) is 46.3 Å². The Labute approximate surface area is 167 Å². The van der Waals surface area contributed by atoms with Crippen molar-refractivity contribution in [3.63, 3.8) is 0 Å². The molecule has 0 bridgehead atoms. The molecule has 0 saturated carbocycles. The lowest BCUT2D eigenvalue weighted by Gasteiger charge is -2.07. The van der Waals surface area contributed by atoms with Gasteiger partial charge >= 0.3 is 0 Å². The Kier molecular flexibility index (Phi) is 5.99. The van der Waals surface area contributed by atoms with E-state index in [0.29, 0.717) is 22.3 Å². The van der Waals surface area contributed by atoms with Crippen LogP contribution in [0.4, 0.5) is 5.69 Å². The number of hydrogen-bond acceptors (Lipinski definition) is 5. The fourth-order valence-electron chi connectivity index (χ4n) is 2.91. The lowest BCUT2D eigenvalue weighted by molar-refractivity contribution is -0.115. The molecule has 0 spiro atoms. The molecule has 0 aliphatic carbocycles. The summed E-state index contributed by atoms with van der Waals surface area (Å²) in [6, 6.07) is 11.3. The molecule has 2 heterocycles. The van der Waals surface area contributed by atoms with Crippen molar-refractivity contribution in [3.8, 4) is 5.69 Å². The first-order chi connectivity index (χ1) is 13.4. The molecule has 0 radical (unpaired) electrons. The zero-order valence-corrected chi connectivity index (χ0v) is 17.2. The van der Waals surface area contributed by atoms with Crippen molar-refractivity contribution in [2.45, 2.75) is 32.3 Å². The highest BCUT2D eigenvalue weighted by atomic mass is 32.2. The third kappa shape index (κ3) is 4.33. The SMILES string of the molecule is Cc1cc(C)nc(SCCC(=O)Nc2c(C)n(C)n(-c3ccccc3)c2=O)n1. The average Bonchev–Trinajstić information content (AvgIpc) is 2.85. The van der Waals surface area contributed by atoms with E-state index in [1.165, 1.54) is 11.8 Å². The van der Waals surface area contributed by atoms with Gasteiger partial charge in [-0.15, -0.1) is 0 Å². The standard InChI is InChI=1S/C20H23N5O2S/c1-13-12-14(2)22-20(21-13)28-11-10-17(26)23-18-15(3)24(4)25(19(18)27)16-8-6-5-7-9-16/h5-9,12H,10-11H2,1-4H3,(H,23,26). The summed E-state index contributed by atoms with van der Waals surface area (Å²) < 4.78 is 3.29. The predicted molar refractivity (Wildman–Crippen MR) is 111 cm³/mol. The van der Waals surface area contributed by atoms with Gasteiger partial charge in [-0.05, 0) is 39.0 Å². The van der Waals surface area contributed by atoms with Crippen molar-refractivity contribution in [1.82, 2.24) is 19.3 Å². The molecule has 1 N–H and O–H groups in total. The van der Waals surface area contributed by atoms with Gasteiger partial charge in [-0.2, -0.15) is 0 Å². The van der Waals surface area contributed by atoms with Crippen molar-refractivity contribution < 1.29 is 4.79 Å². The summed E-state index contributed by atoms with van der Waals surface area (Å²) in [7, 11) is 1.80. The Balaban J connectivity index is 1.68. The third-order valence-electron chi connectivity index (χ3n) is 4.34. The first kappa shape index (κ1) is 19.9. The molecule has 0 aliphatic rings. The summed E-state index contributed by atoms with van der Waals surface area (Å²) in [5.74, 6) is 0.330. The number of para-hydroxylation sites is 1. The Morgan fingerprint density at radius 3 is 2.39 bits per heavy atom. The Bertz CT molecular complexity index is 1040. The van der Waals surface area contributed by atoms with Gasteiger partial charge in [-0.3, -0.25) is 14.3 Å². The van der Waals surface area contributed by atoms with Crippen LogP contribution in [0.5, 0.6) is 0 Å². The topological polar surface area (TPSA) is 81.8 Å². The molecule has 2 aromatic heterocycles. The minimum absolute atomic E-state index is 0.206. The lowest BCUT2D eigenvalue weighted by Crippen LogP contribution is -2.23. The minimum Gasteiger partial charge on any atom is -0.320 e. The molecule has 7 nitrogen and oxygen atoms in total. The predicted octanol–water partition coefficient (Wildman–Crippen LogP) is 3.01. The van der Waals surface area contributed by atoms with Gasteiger partial charge in [0, 0.05) is 30.6 Å². The van der Waals surface area contributed by atoms with Crippen molar-refractivity contribution in [2.75, 3.05) is 11.1 Å². The molecule has 0 unspecified atom stereocenters. The van der Waals surface area contributed by atoms with Gasteiger partial charge in [0.05, 0.1) is 11.4 Å². The summed E-state index contributed by atoms with van der Waals surface area (Å²) in [6.07, 6.45) is 0.264. The monoisotopic (exact) mass is 397 g/mol. The largest absolute Gasteiger partial charge is 0.320 e. The average molecular weight is 398 g/mol. The number of anilines is 1. The molecule has 0 aliphatic heterocycles. The Morgan fingerprint density at radius 2 is 1.75 bits per heavy atom. The number of amides is 1. The lowest BCUT2D eigenvalue weighted by atomic mass is 10.3. The summed E-state index contributed by atoms with van der Waals surface area (Å²) in [4.78, 5) is 33.9. The number of hydrogen-bond donors (Lipinski definition) is 1. The van der Waals surface area contributed by atoms with Crippen LogP contribution in [-0.4, -0.2) is 31.0 Å². The second kappa shape index (κ2) is 8.43. The van der Waals surface area contributed by atoms with E-state index in [9.17, 15) is 9.59 Å². The van der Waals surface area contributed by atoms with Crippen LogP contribution in [0, 0.1) is 20.8 Å². The minimum atomic E-state index is -0.246. The molecule has 0 saturated heterocycles. The van der Waals surface area contributed by atoms with Crippen molar-refractivity contribution in [3.05, 3.63) is 63.8 Å². The molecular formula is C20H23N5O2S. The smallest absolute Gasteiger partial charge is 0.295 e. The van der Waals surface area contributed by atoms with Crippen LogP contribution >= 0.6 is 11.8 Å². The maximum Gasteiger partial charge on any atom is 0.295 e. The van der Waals surface area contributed by atoms with E-state index in [-0.39, 0.29) is 17.9 Å². The van der Waals surface area contributed by atoms with Gasteiger partial charge in [0.15, 0.2) is 5.16 Å². The van der Waals surface area contributed by atoms with Crippen molar-refractivity contribution >= 4 is 23.4 Å². The van der Waals surface area contributed by atoms with Gasteiger partial charge in [-0.25, -0.2) is 14.6 Å². The van der Waals surface area contributed by atoms with Crippen LogP contribution in [0.2, 0.25) is 0 Å². The highest BCUT2D eigenvalue weighted by molar-refractivity contribution is 7.99. The number of carbonyl (C=O) groups excluding carboxylic acids is 1. The maximum absolute atomic E-state index is 12.8. The zero-order chi connectivity index (χ0) is 20.3. The fraction of sp³-hybridized carbons (Fsp3) is 0.300. The molecule has 3 aromatic rings. The quantitative estimate of drug-likeness (QED) is 0.511. The Morgan fingerprint density at radius 1 is 1.11 bits per heavy atom. The first-order valence-corrected chi connectivity index (χ1v) is 9.94. The van der Waals surface area contributed by atoms with Crippen LogP contribution in [0.25, 0.3) is 5.69 Å². The van der Waals surface area contributed by atoms with Gasteiger partial charge in [0.1, 0.15) is 5.69 Å². The number of nitrogens with zero attached hydrogens (tertiary/aromatic N) is 4. The molecule has 1 amide bonds. The van der Waals surface area contributed by atoms with E-state index in [1.54, 1.807) is 16.4 Å². The van der Waals surface area contributed by atoms with Gasteiger partial charge in [0.2, 0.25) is 5.91 Å². The number of aryl methyl sites for hydroxylation is 2. The number of benzene rings is 1. The second-order valence-corrected chi connectivity index (χ2v) is 7.58. The molecule has 3 rings (SSSR count). The fourth-order valence-corrected chi connectivity index (χ4v) is 3.79. The van der Waals surface area contributed by atoms with Gasteiger partial charge in [-0.1, -0.05) is 30.0 Å². The molecule has 0 atom stereocenters. The number of rotatable bonds is 6. The highest BCUT2D eigenvalue weighted by Gasteiger charge is 2.18. The summed E-state index contributed by atoms with van der Waals surface area (Å²) in [5.41, 5.74) is 3.32. The van der Waals surface area contributed by atoms with Crippen molar-refractivity contribution in [1.29, 1.82) is 0 Å². The summed E-state index contributed by atoms with van der Waals surface area (Å²) >= 11 is 1.43. The zero-order valence-electron chi connectivity index (χ0n) is 16.4. The third-order valence-corrected chi connectivity index (χ3v) is 5.19. The number of aromatic nitrogens is 4. The second-order valence-electron chi connectivity index (χ2n) is 6.52. The van der Waals surface area contributed by atoms with Crippen LogP contribution < -0.4 is 10.9 Å². The number of carbonyl (C=O) groups is 1. The number of nitrogens with one attached hydrogen (secondary N) is 1. The molecular weight excluding hydrogens is 374 g/mol. The number of thioether (sulfide) groups is 1. The molecule has 0 fully saturated rings. The molecule has 1 aromatic carbocycles. The van der Waals surface area contributed by atoms with Crippen LogP contribution in [0.1, 0.15) is 23.5 Å². The first-order valence-electron chi connectivity index (χ1n) is 8.96. The van der Waals surface area contributed by atoms with Crippen LogP contribution in [0.3, 0.4) is 0 Å². The van der Waals surface area contributed by atoms with E-state index in [4.69, 9.17) is 0 Å². The van der Waals surface area contributed by atoms with Crippen LogP contribution in [-0.2, 0) is 11.8 Å². The summed E-state index contributed by atoms with van der Waals surface area (Å²) in [5, 5.41) is 3.43. The van der Waals surface area contributed by atoms with E-state index in [2.05, 4.69) is 15.3 Å². The molecule has 146 valence electrons. The van der Waals surface area contributed by atoms with E-state index in [0.717, 1.165) is 17.1 Å². The van der Waals surface area contributed by atoms with Crippen molar-refractivity contribution in [2.24, 2.45) is 7.05 Å². The molecule has 28 heavy (non-hydrogen) atoms. The normalized spacial score (nSPS) is 10.9. The highest BCUT2D eigenvalue weighted by Crippen LogP contribution is 2.17. The van der Waals surface area contributed by atoms with E-state index in [1.807, 2.05) is 57.2 Å². The van der Waals surface area contributed by atoms with E-state index >= 15 is 0 Å².